The van der Waals surface area contributed by atoms with Crippen molar-refractivity contribution in [2.24, 2.45) is 0 Å². The number of piperazine rings is 1. The van der Waals surface area contributed by atoms with Gasteiger partial charge in [0.15, 0.2) is 5.78 Å². The summed E-state index contributed by atoms with van der Waals surface area (Å²) in [4.78, 5) is 39.6. The van der Waals surface area contributed by atoms with Crippen LogP contribution in [0.5, 0.6) is 0 Å². The van der Waals surface area contributed by atoms with Crippen LogP contribution in [-0.4, -0.2) is 60.5 Å². The molecule has 1 amide bonds. The molecule has 1 saturated heterocycles. The highest BCUT2D eigenvalue weighted by atomic mass is 32.2. The van der Waals surface area contributed by atoms with Crippen molar-refractivity contribution in [2.75, 3.05) is 26.2 Å². The second-order valence-electron chi connectivity index (χ2n) is 6.19. The zero-order valence-corrected chi connectivity index (χ0v) is 15.5. The molecule has 142 valence electrons. The third-order valence-electron chi connectivity index (χ3n) is 4.47. The van der Waals surface area contributed by atoms with Gasteiger partial charge in [0, 0.05) is 37.9 Å². The monoisotopic (exact) mass is 389 g/mol. The van der Waals surface area contributed by atoms with E-state index in [1.165, 1.54) is 52.7 Å². The van der Waals surface area contributed by atoms with Crippen LogP contribution >= 0.6 is 0 Å². The lowest BCUT2D eigenvalue weighted by Crippen LogP contribution is -2.51. The molecule has 0 radical (unpaired) electrons. The van der Waals surface area contributed by atoms with Crippen LogP contribution in [0.25, 0.3) is 0 Å². The summed E-state index contributed by atoms with van der Waals surface area (Å²) in [5, 5.41) is 0. The largest absolute Gasteiger partial charge is 0.336 e. The second kappa shape index (κ2) is 7.45. The molecule has 1 N–H and O–H groups in total. The number of Topliss-reactive ketones (excluding diaryl/α,β-unsaturated/α-hetero) is 1. The van der Waals surface area contributed by atoms with E-state index in [2.05, 4.69) is 4.98 Å². The molecule has 8 nitrogen and oxygen atoms in total. The van der Waals surface area contributed by atoms with Gasteiger partial charge in [-0.1, -0.05) is 12.1 Å². The van der Waals surface area contributed by atoms with Gasteiger partial charge in [0.1, 0.15) is 5.56 Å². The van der Waals surface area contributed by atoms with Crippen molar-refractivity contribution in [3.05, 3.63) is 64.1 Å². The van der Waals surface area contributed by atoms with Crippen LogP contribution in [0.1, 0.15) is 27.6 Å². The summed E-state index contributed by atoms with van der Waals surface area (Å²) in [6.07, 6.45) is 1.45. The summed E-state index contributed by atoms with van der Waals surface area (Å²) in [6, 6.07) is 8.80. The maximum absolute atomic E-state index is 12.8. The number of carbonyl (C=O) groups is 2. The smallest absolute Gasteiger partial charge is 0.260 e. The summed E-state index contributed by atoms with van der Waals surface area (Å²) in [7, 11) is -3.71. The van der Waals surface area contributed by atoms with E-state index in [9.17, 15) is 22.8 Å². The molecule has 2 aromatic rings. The number of aromatic amines is 1. The second-order valence-corrected chi connectivity index (χ2v) is 8.13. The van der Waals surface area contributed by atoms with Gasteiger partial charge in [-0.2, -0.15) is 4.31 Å². The Morgan fingerprint density at radius 1 is 1.00 bits per heavy atom. The first-order valence-corrected chi connectivity index (χ1v) is 9.83. The van der Waals surface area contributed by atoms with Gasteiger partial charge in [-0.15, -0.1) is 0 Å². The minimum Gasteiger partial charge on any atom is -0.336 e. The Balaban J connectivity index is 1.71. The molecule has 2 heterocycles. The SMILES string of the molecule is CC(=O)c1ccc(S(=O)(=O)N2CCN(C(=O)c3ccc[nH]c3=O)CC2)cc1. The number of hydrogen-bond donors (Lipinski definition) is 1. The maximum atomic E-state index is 12.8. The fraction of sp³-hybridized carbons (Fsp3) is 0.278. The summed E-state index contributed by atoms with van der Waals surface area (Å²) >= 11 is 0. The number of aromatic nitrogens is 1. The Bertz CT molecular complexity index is 1020. The van der Waals surface area contributed by atoms with Crippen molar-refractivity contribution in [2.45, 2.75) is 11.8 Å². The number of pyridine rings is 1. The minimum atomic E-state index is -3.71. The van der Waals surface area contributed by atoms with E-state index in [4.69, 9.17) is 0 Å². The molecule has 0 spiro atoms. The fourth-order valence-corrected chi connectivity index (χ4v) is 4.32. The first-order valence-electron chi connectivity index (χ1n) is 8.39. The minimum absolute atomic E-state index is 0.0358. The van der Waals surface area contributed by atoms with Crippen molar-refractivity contribution < 1.29 is 18.0 Å². The zero-order valence-electron chi connectivity index (χ0n) is 14.7. The van der Waals surface area contributed by atoms with Crippen LogP contribution in [0.2, 0.25) is 0 Å². The molecule has 0 bridgehead atoms. The molecule has 0 atom stereocenters. The standard InChI is InChI=1S/C18H19N3O5S/c1-13(22)14-4-6-15(7-5-14)27(25,26)21-11-9-20(10-12-21)18(24)16-3-2-8-19-17(16)23/h2-8H,9-12H2,1H3,(H,19,23). The predicted octanol–water partition coefficient (Wildman–Crippen LogP) is 0.724. The maximum Gasteiger partial charge on any atom is 0.260 e. The molecule has 1 aromatic carbocycles. The number of H-pyrrole nitrogens is 1. The zero-order chi connectivity index (χ0) is 19.6. The number of benzene rings is 1. The Hall–Kier alpha value is -2.78. The van der Waals surface area contributed by atoms with Crippen LogP contribution in [0.15, 0.2) is 52.3 Å². The average molecular weight is 389 g/mol. The molecular formula is C18H19N3O5S. The molecule has 0 aliphatic carbocycles. The van der Waals surface area contributed by atoms with Gasteiger partial charge < -0.3 is 9.88 Å². The summed E-state index contributed by atoms with van der Waals surface area (Å²) in [5.41, 5.74) is 0.00851. The average Bonchev–Trinajstić information content (AvgIpc) is 2.68. The van der Waals surface area contributed by atoms with Crippen LogP contribution in [0.3, 0.4) is 0 Å². The van der Waals surface area contributed by atoms with Gasteiger partial charge >= 0.3 is 0 Å². The van der Waals surface area contributed by atoms with Crippen LogP contribution < -0.4 is 5.56 Å². The normalized spacial score (nSPS) is 15.5. The molecule has 1 aromatic heterocycles. The van der Waals surface area contributed by atoms with Crippen LogP contribution in [0, 0.1) is 0 Å². The number of nitrogens with zero attached hydrogens (tertiary/aromatic N) is 2. The van der Waals surface area contributed by atoms with Gasteiger partial charge in [0.25, 0.3) is 11.5 Å². The highest BCUT2D eigenvalue weighted by Gasteiger charge is 2.31. The Labute approximate surface area is 156 Å². The van der Waals surface area contributed by atoms with Gasteiger partial charge in [-0.05, 0) is 31.2 Å². The van der Waals surface area contributed by atoms with Crippen LogP contribution in [-0.2, 0) is 10.0 Å². The quantitative estimate of drug-likeness (QED) is 0.776. The first kappa shape index (κ1) is 19.0. The fourth-order valence-electron chi connectivity index (χ4n) is 2.90. The van der Waals surface area contributed by atoms with E-state index in [0.29, 0.717) is 5.56 Å². The number of amides is 1. The third kappa shape index (κ3) is 3.83. The molecular weight excluding hydrogens is 370 g/mol. The highest BCUT2D eigenvalue weighted by molar-refractivity contribution is 7.89. The molecule has 1 fully saturated rings. The molecule has 1 aliphatic heterocycles. The number of ketones is 1. The molecule has 27 heavy (non-hydrogen) atoms. The lowest BCUT2D eigenvalue weighted by molar-refractivity contribution is 0.0696. The highest BCUT2D eigenvalue weighted by Crippen LogP contribution is 2.19. The van der Waals surface area contributed by atoms with Crippen LogP contribution in [0.4, 0.5) is 0 Å². The van der Waals surface area contributed by atoms with Gasteiger partial charge in [-0.3, -0.25) is 14.4 Å². The molecule has 0 unspecified atom stereocenters. The van der Waals surface area contributed by atoms with Gasteiger partial charge in [0.05, 0.1) is 4.90 Å². The van der Waals surface area contributed by atoms with E-state index in [0.717, 1.165) is 0 Å². The topological polar surface area (TPSA) is 108 Å². The lowest BCUT2D eigenvalue weighted by Gasteiger charge is -2.33. The van der Waals surface area contributed by atoms with Crippen molar-refractivity contribution >= 4 is 21.7 Å². The summed E-state index contributed by atoms with van der Waals surface area (Å²) in [6.45, 7) is 2.06. The van der Waals surface area contributed by atoms with Crippen molar-refractivity contribution in [1.29, 1.82) is 0 Å². The van der Waals surface area contributed by atoms with Gasteiger partial charge in [-0.25, -0.2) is 8.42 Å². The van der Waals surface area contributed by atoms with Crippen molar-refractivity contribution in [1.82, 2.24) is 14.2 Å². The molecule has 0 saturated carbocycles. The number of hydrogen-bond acceptors (Lipinski definition) is 5. The Morgan fingerprint density at radius 2 is 1.63 bits per heavy atom. The van der Waals surface area contributed by atoms with E-state index >= 15 is 0 Å². The van der Waals surface area contributed by atoms with E-state index in [-0.39, 0.29) is 42.4 Å². The Morgan fingerprint density at radius 3 is 2.19 bits per heavy atom. The molecule has 9 heteroatoms. The number of carbonyl (C=O) groups excluding carboxylic acids is 2. The van der Waals surface area contributed by atoms with E-state index in [1.807, 2.05) is 0 Å². The van der Waals surface area contributed by atoms with Crippen molar-refractivity contribution in [3.63, 3.8) is 0 Å². The van der Waals surface area contributed by atoms with E-state index < -0.39 is 21.5 Å². The number of nitrogens with one attached hydrogen (secondary N) is 1. The third-order valence-corrected chi connectivity index (χ3v) is 6.39. The molecule has 1 aliphatic rings. The summed E-state index contributed by atoms with van der Waals surface area (Å²) in [5.74, 6) is -0.554. The lowest BCUT2D eigenvalue weighted by atomic mass is 10.2. The molecule has 3 rings (SSSR count). The van der Waals surface area contributed by atoms with Crippen molar-refractivity contribution in [3.8, 4) is 0 Å². The Kier molecular flexibility index (Phi) is 5.24. The predicted molar refractivity (Wildman–Crippen MR) is 98.2 cm³/mol. The van der Waals surface area contributed by atoms with Gasteiger partial charge in [0.2, 0.25) is 10.0 Å². The summed E-state index contributed by atoms with van der Waals surface area (Å²) < 4.78 is 26.8. The number of rotatable bonds is 4. The first-order chi connectivity index (χ1) is 12.8. The number of sulfonamides is 1. The van der Waals surface area contributed by atoms with E-state index in [1.54, 1.807) is 6.07 Å².